The highest BCUT2D eigenvalue weighted by atomic mass is 32.2. The van der Waals surface area contributed by atoms with Gasteiger partial charge in [0.1, 0.15) is 17.4 Å². The Hall–Kier alpha value is -2.97. The Labute approximate surface area is 156 Å². The fourth-order valence-electron chi connectivity index (χ4n) is 3.23. The first-order chi connectivity index (χ1) is 12.8. The van der Waals surface area contributed by atoms with Gasteiger partial charge in [0.25, 0.3) is 0 Å². The number of nitrogens with zero attached hydrogens (tertiary/aromatic N) is 2. The minimum atomic E-state index is 0.360. The molecule has 0 spiro atoms. The summed E-state index contributed by atoms with van der Waals surface area (Å²) >= 11 is 1.77. The van der Waals surface area contributed by atoms with Gasteiger partial charge in [-0.15, -0.1) is 11.8 Å². The van der Waals surface area contributed by atoms with Gasteiger partial charge >= 0.3 is 0 Å². The summed E-state index contributed by atoms with van der Waals surface area (Å²) in [6.07, 6.45) is 0. The molecule has 0 radical (unpaired) electrons. The first-order valence-electron chi connectivity index (χ1n) is 8.14. The number of thioether (sulfide) groups is 1. The fraction of sp³-hybridized carbons (Fsp3) is 0.143. The van der Waals surface area contributed by atoms with Crippen molar-refractivity contribution in [3.05, 3.63) is 59.7 Å². The number of ether oxygens (including phenoxy) is 2. The molecule has 1 aromatic heterocycles. The van der Waals surface area contributed by atoms with Crippen molar-refractivity contribution in [3.8, 4) is 40.1 Å². The highest BCUT2D eigenvalue weighted by molar-refractivity contribution is 7.98. The fourth-order valence-corrected chi connectivity index (χ4v) is 4.31. The van der Waals surface area contributed by atoms with Crippen LogP contribution in [0.5, 0.6) is 11.6 Å². The van der Waals surface area contributed by atoms with Crippen molar-refractivity contribution in [2.45, 2.75) is 10.6 Å². The van der Waals surface area contributed by atoms with Crippen molar-refractivity contribution < 1.29 is 9.47 Å². The molecule has 2 aromatic carbocycles. The smallest absolute Gasteiger partial charge is 0.232 e. The van der Waals surface area contributed by atoms with Crippen LogP contribution in [-0.2, 0) is 5.75 Å². The van der Waals surface area contributed by atoms with E-state index in [2.05, 4.69) is 23.2 Å². The normalized spacial score (nSPS) is 11.9. The Morgan fingerprint density at radius 2 is 1.81 bits per heavy atom. The molecule has 26 heavy (non-hydrogen) atoms. The molecule has 0 atom stereocenters. The standard InChI is InChI=1S/C21H16N2O2S/c1-24-14-9-7-13(8-10-14)19-16(11-22)21(25-2)23-20-15-5-3-4-6-18(15)26-12-17(19)20/h3-10H,12H2,1-2H3. The third kappa shape index (κ3) is 2.59. The van der Waals surface area contributed by atoms with Gasteiger partial charge in [-0.25, -0.2) is 4.98 Å². The van der Waals surface area contributed by atoms with Gasteiger partial charge in [0, 0.05) is 21.8 Å². The molecule has 4 rings (SSSR count). The van der Waals surface area contributed by atoms with Gasteiger partial charge in [-0.2, -0.15) is 5.26 Å². The summed E-state index contributed by atoms with van der Waals surface area (Å²) in [7, 11) is 3.19. The third-order valence-electron chi connectivity index (χ3n) is 4.46. The molecule has 0 fully saturated rings. The molecule has 0 N–H and O–H groups in total. The number of aromatic nitrogens is 1. The van der Waals surface area contributed by atoms with Gasteiger partial charge in [0.05, 0.1) is 19.9 Å². The molecule has 5 heteroatoms. The predicted molar refractivity (Wildman–Crippen MR) is 102 cm³/mol. The lowest BCUT2D eigenvalue weighted by Gasteiger charge is -2.23. The zero-order chi connectivity index (χ0) is 18.1. The Kier molecular flexibility index (Phi) is 4.27. The minimum Gasteiger partial charge on any atom is -0.497 e. The van der Waals surface area contributed by atoms with Crippen LogP contribution < -0.4 is 9.47 Å². The summed E-state index contributed by atoms with van der Waals surface area (Å²) in [5.41, 5.74) is 5.35. The molecule has 1 aliphatic rings. The van der Waals surface area contributed by atoms with Gasteiger partial charge in [0.15, 0.2) is 0 Å². The number of pyridine rings is 1. The van der Waals surface area contributed by atoms with E-state index in [-0.39, 0.29) is 0 Å². The van der Waals surface area contributed by atoms with Crippen LogP contribution >= 0.6 is 11.8 Å². The van der Waals surface area contributed by atoms with Crippen LogP contribution in [0.3, 0.4) is 0 Å². The van der Waals surface area contributed by atoms with Crippen molar-refractivity contribution in [2.24, 2.45) is 0 Å². The number of nitriles is 1. The van der Waals surface area contributed by atoms with E-state index in [1.807, 2.05) is 36.4 Å². The van der Waals surface area contributed by atoms with E-state index in [0.717, 1.165) is 39.5 Å². The number of benzene rings is 2. The monoisotopic (exact) mass is 360 g/mol. The number of fused-ring (bicyclic) bond motifs is 3. The molecule has 0 aliphatic carbocycles. The summed E-state index contributed by atoms with van der Waals surface area (Å²) < 4.78 is 10.7. The molecule has 0 amide bonds. The Bertz CT molecular complexity index is 1020. The minimum absolute atomic E-state index is 0.360. The lowest BCUT2D eigenvalue weighted by Crippen LogP contribution is -2.06. The summed E-state index contributed by atoms with van der Waals surface area (Å²) in [6, 6.07) is 18.2. The van der Waals surface area contributed by atoms with E-state index in [9.17, 15) is 5.26 Å². The lowest BCUT2D eigenvalue weighted by atomic mass is 9.92. The van der Waals surface area contributed by atoms with Crippen molar-refractivity contribution in [1.82, 2.24) is 4.98 Å². The third-order valence-corrected chi connectivity index (χ3v) is 5.56. The van der Waals surface area contributed by atoms with Gasteiger partial charge in [-0.05, 0) is 29.3 Å². The van der Waals surface area contributed by atoms with Crippen molar-refractivity contribution in [2.75, 3.05) is 14.2 Å². The first kappa shape index (κ1) is 16.5. The molecule has 4 nitrogen and oxygen atoms in total. The van der Waals surface area contributed by atoms with E-state index < -0.39 is 0 Å². The van der Waals surface area contributed by atoms with Crippen LogP contribution in [0.25, 0.3) is 22.4 Å². The van der Waals surface area contributed by atoms with E-state index in [0.29, 0.717) is 11.4 Å². The second kappa shape index (κ2) is 6.74. The largest absolute Gasteiger partial charge is 0.497 e. The second-order valence-electron chi connectivity index (χ2n) is 5.82. The predicted octanol–water partition coefficient (Wildman–Crippen LogP) is 4.91. The molecule has 2 heterocycles. The Balaban J connectivity index is 2.03. The van der Waals surface area contributed by atoms with E-state index in [4.69, 9.17) is 9.47 Å². The number of hydrogen-bond donors (Lipinski definition) is 0. The molecular formula is C21H16N2O2S. The number of rotatable bonds is 3. The van der Waals surface area contributed by atoms with E-state index >= 15 is 0 Å². The topological polar surface area (TPSA) is 55.1 Å². The van der Waals surface area contributed by atoms with Crippen LogP contribution in [0.2, 0.25) is 0 Å². The number of methoxy groups -OCH3 is 2. The summed E-state index contributed by atoms with van der Waals surface area (Å²) in [5, 5.41) is 9.79. The Morgan fingerprint density at radius 3 is 2.50 bits per heavy atom. The molecule has 1 aliphatic heterocycles. The number of hydrogen-bond acceptors (Lipinski definition) is 5. The van der Waals surface area contributed by atoms with Gasteiger partial charge in [-0.3, -0.25) is 0 Å². The highest BCUT2D eigenvalue weighted by Gasteiger charge is 2.26. The van der Waals surface area contributed by atoms with E-state index in [1.54, 1.807) is 26.0 Å². The summed E-state index contributed by atoms with van der Waals surface area (Å²) in [5.74, 6) is 1.90. The summed E-state index contributed by atoms with van der Waals surface area (Å²) in [6.45, 7) is 0. The van der Waals surface area contributed by atoms with Gasteiger partial charge in [-0.1, -0.05) is 30.3 Å². The molecule has 0 bridgehead atoms. The van der Waals surface area contributed by atoms with Crippen LogP contribution in [-0.4, -0.2) is 19.2 Å². The summed E-state index contributed by atoms with van der Waals surface area (Å²) in [4.78, 5) is 5.88. The van der Waals surface area contributed by atoms with Crippen molar-refractivity contribution >= 4 is 11.8 Å². The molecular weight excluding hydrogens is 344 g/mol. The molecule has 128 valence electrons. The maximum atomic E-state index is 9.79. The van der Waals surface area contributed by atoms with Gasteiger partial charge < -0.3 is 9.47 Å². The average molecular weight is 360 g/mol. The van der Waals surface area contributed by atoms with E-state index in [1.165, 1.54) is 4.90 Å². The molecule has 0 unspecified atom stereocenters. The second-order valence-corrected chi connectivity index (χ2v) is 6.84. The van der Waals surface area contributed by atoms with Crippen LogP contribution in [0.1, 0.15) is 11.1 Å². The quantitative estimate of drug-likeness (QED) is 0.664. The van der Waals surface area contributed by atoms with Crippen LogP contribution in [0, 0.1) is 11.3 Å². The SMILES string of the molecule is COc1ccc(-c2c(C#N)c(OC)nc3c2CSc2ccccc2-3)cc1. The highest BCUT2D eigenvalue weighted by Crippen LogP contribution is 2.46. The molecule has 0 saturated heterocycles. The molecule has 0 saturated carbocycles. The Morgan fingerprint density at radius 1 is 1.04 bits per heavy atom. The first-order valence-corrected chi connectivity index (χ1v) is 9.13. The van der Waals surface area contributed by atoms with Crippen LogP contribution in [0.4, 0.5) is 0 Å². The zero-order valence-electron chi connectivity index (χ0n) is 14.4. The van der Waals surface area contributed by atoms with Crippen LogP contribution in [0.15, 0.2) is 53.4 Å². The van der Waals surface area contributed by atoms with Crippen molar-refractivity contribution in [1.29, 1.82) is 5.26 Å². The average Bonchev–Trinajstić information content (AvgIpc) is 2.72. The maximum absolute atomic E-state index is 9.79. The molecule has 3 aromatic rings. The lowest BCUT2D eigenvalue weighted by molar-refractivity contribution is 0.397. The van der Waals surface area contributed by atoms with Gasteiger partial charge in [0.2, 0.25) is 5.88 Å². The zero-order valence-corrected chi connectivity index (χ0v) is 15.3. The van der Waals surface area contributed by atoms with Crippen molar-refractivity contribution in [3.63, 3.8) is 0 Å². The maximum Gasteiger partial charge on any atom is 0.232 e.